The van der Waals surface area contributed by atoms with Crippen LogP contribution in [0, 0.1) is 0 Å². The molecular weight excluding hydrogens is 647 g/mol. The Kier molecular flexibility index (Phi) is 6.52. The third kappa shape index (κ3) is 4.80. The first-order valence-electron chi connectivity index (χ1n) is 17.9. The van der Waals surface area contributed by atoms with E-state index in [1.54, 1.807) is 0 Å². The molecule has 0 saturated heterocycles. The summed E-state index contributed by atoms with van der Waals surface area (Å²) in [6.07, 6.45) is 0. The van der Waals surface area contributed by atoms with Gasteiger partial charge in [0.1, 0.15) is 11.2 Å². The molecule has 4 heteroatoms. The minimum absolute atomic E-state index is 0.611. The van der Waals surface area contributed by atoms with E-state index in [-0.39, 0.29) is 0 Å². The Morgan fingerprint density at radius 1 is 0.321 bits per heavy atom. The third-order valence-corrected chi connectivity index (χ3v) is 10.5. The standard InChI is InChI=1S/C49H29N3O/c1-2-13-31(14-3-1)47-50-48(35-23-22-30-12-4-5-15-32(30)26-35)52-49(51-47)36-24-25-44-41(29-36)43-28-34-17-7-9-19-38(34)45(46(43)53-44)42-27-33-16-6-8-18-37(33)39-20-10-11-21-40(39)42/h1-29H. The van der Waals surface area contributed by atoms with E-state index in [9.17, 15) is 0 Å². The van der Waals surface area contributed by atoms with Crippen LogP contribution in [0.4, 0.5) is 0 Å². The largest absolute Gasteiger partial charge is 0.455 e. The molecule has 2 aromatic heterocycles. The molecule has 0 aliphatic rings. The molecule has 11 aromatic rings. The Morgan fingerprint density at radius 3 is 1.66 bits per heavy atom. The minimum atomic E-state index is 0.611. The molecule has 53 heavy (non-hydrogen) atoms. The van der Waals surface area contributed by atoms with Crippen LogP contribution < -0.4 is 0 Å². The van der Waals surface area contributed by atoms with Gasteiger partial charge in [0.25, 0.3) is 0 Å². The number of fused-ring (bicyclic) bond motifs is 8. The summed E-state index contributed by atoms with van der Waals surface area (Å²) in [5, 5.41) is 11.6. The Morgan fingerprint density at radius 2 is 0.887 bits per heavy atom. The summed E-state index contributed by atoms with van der Waals surface area (Å²) < 4.78 is 6.87. The van der Waals surface area contributed by atoms with Crippen LogP contribution in [-0.4, -0.2) is 15.0 Å². The summed E-state index contributed by atoms with van der Waals surface area (Å²) in [6, 6.07) is 61.6. The van der Waals surface area contributed by atoms with Crippen LogP contribution in [0.2, 0.25) is 0 Å². The summed E-state index contributed by atoms with van der Waals surface area (Å²) in [5.41, 5.74) is 6.72. The normalized spacial score (nSPS) is 11.8. The van der Waals surface area contributed by atoms with Gasteiger partial charge in [-0.25, -0.2) is 15.0 Å². The fraction of sp³-hybridized carbons (Fsp3) is 0. The molecule has 0 spiro atoms. The van der Waals surface area contributed by atoms with Gasteiger partial charge in [-0.1, -0.05) is 140 Å². The van der Waals surface area contributed by atoms with E-state index in [0.29, 0.717) is 17.5 Å². The molecule has 2 heterocycles. The quantitative estimate of drug-likeness (QED) is 0.174. The van der Waals surface area contributed by atoms with Gasteiger partial charge in [-0.05, 0) is 85.1 Å². The average Bonchev–Trinajstić information content (AvgIpc) is 3.60. The van der Waals surface area contributed by atoms with E-state index in [0.717, 1.165) is 65.9 Å². The molecule has 4 nitrogen and oxygen atoms in total. The molecular formula is C49H29N3O. The first-order chi connectivity index (χ1) is 26.2. The topological polar surface area (TPSA) is 51.8 Å². The molecule has 0 fully saturated rings. The average molecular weight is 676 g/mol. The number of hydrogen-bond donors (Lipinski definition) is 0. The molecule has 9 aromatic carbocycles. The van der Waals surface area contributed by atoms with Gasteiger partial charge in [0.05, 0.1) is 0 Å². The fourth-order valence-electron chi connectivity index (χ4n) is 7.92. The van der Waals surface area contributed by atoms with Gasteiger partial charge in [-0.15, -0.1) is 0 Å². The van der Waals surface area contributed by atoms with Crippen LogP contribution in [0.15, 0.2) is 180 Å². The molecule has 0 bridgehead atoms. The van der Waals surface area contributed by atoms with Gasteiger partial charge in [-0.3, -0.25) is 0 Å². The van der Waals surface area contributed by atoms with Gasteiger partial charge >= 0.3 is 0 Å². The smallest absolute Gasteiger partial charge is 0.164 e. The fourth-order valence-corrected chi connectivity index (χ4v) is 7.92. The van der Waals surface area contributed by atoms with Crippen molar-refractivity contribution >= 4 is 65.0 Å². The first-order valence-corrected chi connectivity index (χ1v) is 17.9. The maximum atomic E-state index is 6.87. The van der Waals surface area contributed by atoms with E-state index in [4.69, 9.17) is 19.4 Å². The van der Waals surface area contributed by atoms with E-state index in [1.807, 2.05) is 30.3 Å². The highest BCUT2D eigenvalue weighted by molar-refractivity contribution is 6.23. The lowest BCUT2D eigenvalue weighted by molar-refractivity contribution is 0.670. The van der Waals surface area contributed by atoms with Crippen molar-refractivity contribution in [2.24, 2.45) is 0 Å². The predicted molar refractivity (Wildman–Crippen MR) is 219 cm³/mol. The molecule has 0 saturated carbocycles. The van der Waals surface area contributed by atoms with Crippen molar-refractivity contribution < 1.29 is 4.42 Å². The highest BCUT2D eigenvalue weighted by Gasteiger charge is 2.21. The second kappa shape index (κ2) is 11.7. The van der Waals surface area contributed by atoms with Crippen molar-refractivity contribution in [3.8, 4) is 45.3 Å². The van der Waals surface area contributed by atoms with Crippen molar-refractivity contribution in [2.75, 3.05) is 0 Å². The number of rotatable bonds is 4. The second-order valence-electron chi connectivity index (χ2n) is 13.6. The molecule has 11 rings (SSSR count). The summed E-state index contributed by atoms with van der Waals surface area (Å²) in [5.74, 6) is 1.88. The zero-order chi connectivity index (χ0) is 34.9. The van der Waals surface area contributed by atoms with Gasteiger partial charge < -0.3 is 4.42 Å². The monoisotopic (exact) mass is 675 g/mol. The molecule has 0 atom stereocenters. The van der Waals surface area contributed by atoms with Crippen molar-refractivity contribution in [3.05, 3.63) is 176 Å². The van der Waals surface area contributed by atoms with Gasteiger partial charge in [0.15, 0.2) is 17.5 Å². The van der Waals surface area contributed by atoms with E-state index >= 15 is 0 Å². The summed E-state index contributed by atoms with van der Waals surface area (Å²) >= 11 is 0. The first kappa shape index (κ1) is 29.5. The van der Waals surface area contributed by atoms with Crippen LogP contribution in [0.3, 0.4) is 0 Å². The Hall–Kier alpha value is -7.17. The van der Waals surface area contributed by atoms with Crippen LogP contribution in [-0.2, 0) is 0 Å². The third-order valence-electron chi connectivity index (χ3n) is 10.5. The maximum Gasteiger partial charge on any atom is 0.164 e. The zero-order valence-corrected chi connectivity index (χ0v) is 28.5. The van der Waals surface area contributed by atoms with Crippen molar-refractivity contribution in [1.82, 2.24) is 15.0 Å². The lowest BCUT2D eigenvalue weighted by Crippen LogP contribution is -2.00. The van der Waals surface area contributed by atoms with Crippen molar-refractivity contribution in [3.63, 3.8) is 0 Å². The Balaban J connectivity index is 1.16. The van der Waals surface area contributed by atoms with E-state index in [2.05, 4.69) is 146 Å². The summed E-state index contributed by atoms with van der Waals surface area (Å²) in [6.45, 7) is 0. The summed E-state index contributed by atoms with van der Waals surface area (Å²) in [7, 11) is 0. The molecule has 0 aliphatic carbocycles. The maximum absolute atomic E-state index is 6.87. The molecule has 0 N–H and O–H groups in total. The van der Waals surface area contributed by atoms with Gasteiger partial charge in [-0.2, -0.15) is 0 Å². The molecule has 0 amide bonds. The van der Waals surface area contributed by atoms with Crippen LogP contribution in [0.1, 0.15) is 0 Å². The van der Waals surface area contributed by atoms with Crippen LogP contribution in [0.5, 0.6) is 0 Å². The van der Waals surface area contributed by atoms with Crippen LogP contribution >= 0.6 is 0 Å². The number of benzene rings is 9. The Labute approximate surface area is 304 Å². The van der Waals surface area contributed by atoms with Gasteiger partial charge in [0.2, 0.25) is 0 Å². The van der Waals surface area contributed by atoms with E-state index in [1.165, 1.54) is 26.9 Å². The SMILES string of the molecule is c1ccc(-c2nc(-c3ccc4ccccc4c3)nc(-c3ccc4oc5c(-c6cc7ccccc7c7ccccc67)c6ccccc6cc5c4c3)n2)cc1. The Bertz CT molecular complexity index is 3240. The summed E-state index contributed by atoms with van der Waals surface area (Å²) in [4.78, 5) is 15.2. The van der Waals surface area contributed by atoms with Crippen molar-refractivity contribution in [2.45, 2.75) is 0 Å². The number of aromatic nitrogens is 3. The number of hydrogen-bond acceptors (Lipinski definition) is 4. The van der Waals surface area contributed by atoms with Gasteiger partial charge in [0, 0.05) is 33.0 Å². The second-order valence-corrected chi connectivity index (χ2v) is 13.6. The number of furan rings is 1. The highest BCUT2D eigenvalue weighted by atomic mass is 16.3. The molecule has 0 radical (unpaired) electrons. The lowest BCUT2D eigenvalue weighted by atomic mass is 9.89. The zero-order valence-electron chi connectivity index (χ0n) is 28.5. The molecule has 0 unspecified atom stereocenters. The highest BCUT2D eigenvalue weighted by Crippen LogP contribution is 2.45. The molecule has 246 valence electrons. The minimum Gasteiger partial charge on any atom is -0.455 e. The van der Waals surface area contributed by atoms with Crippen LogP contribution in [0.25, 0.3) is 110 Å². The molecule has 0 aliphatic heterocycles. The predicted octanol–water partition coefficient (Wildman–Crippen LogP) is 13.1. The van der Waals surface area contributed by atoms with Crippen molar-refractivity contribution in [1.29, 1.82) is 0 Å². The van der Waals surface area contributed by atoms with E-state index < -0.39 is 0 Å². The number of nitrogens with zero attached hydrogens (tertiary/aromatic N) is 3. The lowest BCUT2D eigenvalue weighted by Gasteiger charge is -2.14.